The maximum absolute atomic E-state index is 6.31. The highest BCUT2D eigenvalue weighted by atomic mass is 79.9. The normalized spacial score (nSPS) is 25.0. The van der Waals surface area contributed by atoms with Crippen LogP contribution >= 0.6 is 15.9 Å². The molecule has 1 heterocycles. The molecule has 0 aromatic heterocycles. The second-order valence-corrected chi connectivity index (χ2v) is 8.08. The minimum absolute atomic E-state index is 0.0574. The van der Waals surface area contributed by atoms with E-state index in [4.69, 9.17) is 4.74 Å². The van der Waals surface area contributed by atoms with Gasteiger partial charge in [-0.3, -0.25) is 0 Å². The molecule has 1 aliphatic heterocycles. The lowest BCUT2D eigenvalue weighted by molar-refractivity contribution is -0.0778. The molecule has 0 spiro atoms. The van der Waals surface area contributed by atoms with Crippen LogP contribution in [0.2, 0.25) is 0 Å². The van der Waals surface area contributed by atoms with E-state index in [-0.39, 0.29) is 11.2 Å². The first-order chi connectivity index (χ1) is 9.68. The molecule has 1 N–H and O–H groups in total. The molecule has 0 amide bonds. The van der Waals surface area contributed by atoms with Gasteiger partial charge in [0, 0.05) is 16.4 Å². The Hall–Kier alpha value is -0.380. The Labute approximate surface area is 137 Å². The molecule has 2 atom stereocenters. The number of hydrogen-bond acceptors (Lipinski definition) is 2. The van der Waals surface area contributed by atoms with Gasteiger partial charge in [-0.1, -0.05) is 41.1 Å². The summed E-state index contributed by atoms with van der Waals surface area (Å²) in [6.07, 6.45) is 1.07. The third-order valence-electron chi connectivity index (χ3n) is 4.53. The van der Waals surface area contributed by atoms with Crippen LogP contribution in [-0.2, 0) is 4.74 Å². The predicted octanol–water partition coefficient (Wildman–Crippen LogP) is 5.00. The van der Waals surface area contributed by atoms with Crippen molar-refractivity contribution >= 4 is 15.9 Å². The molecule has 1 aromatic rings. The molecule has 0 radical (unpaired) electrons. The van der Waals surface area contributed by atoms with Gasteiger partial charge in [0.15, 0.2) is 0 Å². The smallest absolute Gasteiger partial charge is 0.0681 e. The number of rotatable bonds is 4. The lowest BCUT2D eigenvalue weighted by Gasteiger charge is -2.34. The van der Waals surface area contributed by atoms with Gasteiger partial charge in [0.2, 0.25) is 0 Å². The standard InChI is InChI=1S/C18H28BrNO/c1-7-20-16(13-10-8-9-12(2)15(13)19)14-11-17(3,4)21-18(14,5)6/h8-10,14,16,20H,7,11H2,1-6H3. The van der Waals surface area contributed by atoms with Crippen molar-refractivity contribution in [3.05, 3.63) is 33.8 Å². The maximum atomic E-state index is 6.31. The summed E-state index contributed by atoms with van der Waals surface area (Å²) in [5, 5.41) is 3.69. The average Bonchev–Trinajstić information content (AvgIpc) is 2.58. The van der Waals surface area contributed by atoms with Gasteiger partial charge in [-0.2, -0.15) is 0 Å². The van der Waals surface area contributed by atoms with Crippen LogP contribution in [0.4, 0.5) is 0 Å². The molecule has 1 fully saturated rings. The van der Waals surface area contributed by atoms with Crippen molar-refractivity contribution in [2.75, 3.05) is 6.54 Å². The van der Waals surface area contributed by atoms with Gasteiger partial charge in [0.05, 0.1) is 11.2 Å². The van der Waals surface area contributed by atoms with Crippen molar-refractivity contribution < 1.29 is 4.74 Å². The minimum atomic E-state index is -0.125. The molecule has 0 bridgehead atoms. The number of hydrogen-bond donors (Lipinski definition) is 1. The fourth-order valence-electron chi connectivity index (χ4n) is 3.72. The van der Waals surface area contributed by atoms with Crippen LogP contribution < -0.4 is 5.32 Å². The zero-order chi connectivity index (χ0) is 15.8. The summed E-state index contributed by atoms with van der Waals surface area (Å²) in [7, 11) is 0. The third kappa shape index (κ3) is 3.52. The van der Waals surface area contributed by atoms with Gasteiger partial charge in [0.25, 0.3) is 0 Å². The lowest BCUT2D eigenvalue weighted by atomic mass is 9.78. The van der Waals surface area contributed by atoms with Gasteiger partial charge >= 0.3 is 0 Å². The van der Waals surface area contributed by atoms with Crippen molar-refractivity contribution in [2.45, 2.75) is 65.2 Å². The topological polar surface area (TPSA) is 21.3 Å². The van der Waals surface area contributed by atoms with Gasteiger partial charge in [0.1, 0.15) is 0 Å². The molecule has 2 unspecified atom stereocenters. The summed E-state index contributed by atoms with van der Waals surface area (Å²) in [6, 6.07) is 6.83. The summed E-state index contributed by atoms with van der Waals surface area (Å²) in [5.41, 5.74) is 2.44. The SMILES string of the molecule is CCNC(c1cccc(C)c1Br)C1CC(C)(C)OC1(C)C. The Bertz CT molecular complexity index is 510. The fraction of sp³-hybridized carbons (Fsp3) is 0.667. The van der Waals surface area contributed by atoms with E-state index in [1.165, 1.54) is 15.6 Å². The summed E-state index contributed by atoms with van der Waals surface area (Å²) in [5.74, 6) is 0.450. The molecule has 2 nitrogen and oxygen atoms in total. The first kappa shape index (κ1) is 17.0. The van der Waals surface area contributed by atoms with Crippen LogP contribution in [0, 0.1) is 12.8 Å². The van der Waals surface area contributed by atoms with Gasteiger partial charge in [-0.25, -0.2) is 0 Å². The first-order valence-electron chi connectivity index (χ1n) is 7.86. The quantitative estimate of drug-likeness (QED) is 0.821. The second-order valence-electron chi connectivity index (χ2n) is 7.29. The zero-order valence-corrected chi connectivity index (χ0v) is 15.7. The van der Waals surface area contributed by atoms with E-state index in [2.05, 4.69) is 81.0 Å². The highest BCUT2D eigenvalue weighted by Crippen LogP contribution is 2.48. The molecule has 1 aliphatic rings. The Morgan fingerprint density at radius 3 is 2.52 bits per heavy atom. The number of ether oxygens (including phenoxy) is 1. The molecule has 1 aromatic carbocycles. The molecular weight excluding hydrogens is 326 g/mol. The van der Waals surface area contributed by atoms with Crippen LogP contribution in [0.1, 0.15) is 58.2 Å². The molecule has 3 heteroatoms. The summed E-state index contributed by atoms with van der Waals surface area (Å²) < 4.78 is 7.53. The molecule has 0 aliphatic carbocycles. The van der Waals surface area contributed by atoms with Crippen molar-refractivity contribution in [1.82, 2.24) is 5.32 Å². The minimum Gasteiger partial charge on any atom is -0.369 e. The van der Waals surface area contributed by atoms with Gasteiger partial charge in [-0.05, 0) is 58.7 Å². The molecule has 2 rings (SSSR count). The van der Waals surface area contributed by atoms with Crippen molar-refractivity contribution in [3.63, 3.8) is 0 Å². The van der Waals surface area contributed by atoms with Crippen LogP contribution in [0.15, 0.2) is 22.7 Å². The zero-order valence-electron chi connectivity index (χ0n) is 14.1. The average molecular weight is 354 g/mol. The summed E-state index contributed by atoms with van der Waals surface area (Å²) in [4.78, 5) is 0. The molecule has 0 saturated carbocycles. The molecule has 21 heavy (non-hydrogen) atoms. The van der Waals surface area contributed by atoms with E-state index in [0.717, 1.165) is 13.0 Å². The second kappa shape index (κ2) is 6.02. The predicted molar refractivity (Wildman–Crippen MR) is 92.6 cm³/mol. The molecule has 118 valence electrons. The number of halogens is 1. The summed E-state index contributed by atoms with van der Waals surface area (Å²) >= 11 is 3.78. The number of nitrogens with one attached hydrogen (secondary N) is 1. The highest BCUT2D eigenvalue weighted by Gasteiger charge is 2.49. The Kier molecular flexibility index (Phi) is 4.87. The Morgan fingerprint density at radius 1 is 1.33 bits per heavy atom. The van der Waals surface area contributed by atoms with E-state index in [1.54, 1.807) is 0 Å². The van der Waals surface area contributed by atoms with Gasteiger partial charge in [-0.15, -0.1) is 0 Å². The van der Waals surface area contributed by atoms with E-state index in [1.807, 2.05) is 0 Å². The van der Waals surface area contributed by atoms with E-state index in [9.17, 15) is 0 Å². The van der Waals surface area contributed by atoms with Crippen molar-refractivity contribution in [2.24, 2.45) is 5.92 Å². The summed E-state index contributed by atoms with van der Waals surface area (Å²) in [6.45, 7) is 14.1. The van der Waals surface area contributed by atoms with Crippen molar-refractivity contribution in [3.8, 4) is 0 Å². The molecular formula is C18H28BrNO. The number of benzene rings is 1. The van der Waals surface area contributed by atoms with E-state index >= 15 is 0 Å². The van der Waals surface area contributed by atoms with Crippen molar-refractivity contribution in [1.29, 1.82) is 0 Å². The van der Waals surface area contributed by atoms with Crippen LogP contribution in [0.3, 0.4) is 0 Å². The Balaban J connectivity index is 2.42. The van der Waals surface area contributed by atoms with Crippen LogP contribution in [-0.4, -0.2) is 17.7 Å². The highest BCUT2D eigenvalue weighted by molar-refractivity contribution is 9.10. The van der Waals surface area contributed by atoms with Crippen LogP contribution in [0.25, 0.3) is 0 Å². The molecule has 1 saturated heterocycles. The van der Waals surface area contributed by atoms with E-state index in [0.29, 0.717) is 12.0 Å². The lowest BCUT2D eigenvalue weighted by Crippen LogP contribution is -2.38. The fourth-order valence-corrected chi connectivity index (χ4v) is 4.23. The van der Waals surface area contributed by atoms with E-state index < -0.39 is 0 Å². The number of aryl methyl sites for hydroxylation is 1. The van der Waals surface area contributed by atoms with Gasteiger partial charge < -0.3 is 10.1 Å². The van der Waals surface area contributed by atoms with Crippen LogP contribution in [0.5, 0.6) is 0 Å². The Morgan fingerprint density at radius 2 is 2.00 bits per heavy atom. The largest absolute Gasteiger partial charge is 0.369 e. The third-order valence-corrected chi connectivity index (χ3v) is 5.61. The first-order valence-corrected chi connectivity index (χ1v) is 8.66. The maximum Gasteiger partial charge on any atom is 0.0681 e. The monoisotopic (exact) mass is 353 g/mol.